The highest BCUT2D eigenvalue weighted by molar-refractivity contribution is 5.79. The van der Waals surface area contributed by atoms with Crippen molar-refractivity contribution in [1.82, 2.24) is 0 Å². The Labute approximate surface area is 105 Å². The first kappa shape index (κ1) is 13.1. The zero-order valence-electron chi connectivity index (χ0n) is 11.4. The monoisotopic (exact) mass is 238 g/mol. The van der Waals surface area contributed by atoms with Gasteiger partial charge in [0.15, 0.2) is 0 Å². The smallest absolute Gasteiger partial charge is 0.133 e. The van der Waals surface area contributed by atoms with Crippen LogP contribution in [0.2, 0.25) is 0 Å². The van der Waals surface area contributed by atoms with E-state index in [9.17, 15) is 9.90 Å². The molecule has 2 heteroatoms. The molecule has 1 N–H and O–H groups in total. The Morgan fingerprint density at radius 2 is 2.12 bits per heavy atom. The summed E-state index contributed by atoms with van der Waals surface area (Å²) in [5, 5.41) is 10.4. The summed E-state index contributed by atoms with van der Waals surface area (Å²) in [5.41, 5.74) is 0.0145. The summed E-state index contributed by atoms with van der Waals surface area (Å²) in [5.74, 6) is 1.62. The Kier molecular flexibility index (Phi) is 3.63. The van der Waals surface area contributed by atoms with Crippen molar-refractivity contribution in [1.29, 1.82) is 0 Å². The predicted octanol–water partition coefficient (Wildman–Crippen LogP) is 3.18. The molecule has 2 rings (SSSR count). The van der Waals surface area contributed by atoms with Crippen LogP contribution >= 0.6 is 0 Å². The van der Waals surface area contributed by atoms with E-state index in [1.54, 1.807) is 6.92 Å². The third kappa shape index (κ3) is 2.16. The SMILES string of the molecule is CCCC1CC(O)C2(C)CCC(C(C)=O)C2C1. The minimum Gasteiger partial charge on any atom is -0.393 e. The summed E-state index contributed by atoms with van der Waals surface area (Å²) in [6.07, 6.45) is 6.33. The zero-order chi connectivity index (χ0) is 12.6. The van der Waals surface area contributed by atoms with E-state index in [0.717, 1.165) is 25.7 Å². The number of fused-ring (bicyclic) bond motifs is 1. The van der Waals surface area contributed by atoms with Gasteiger partial charge < -0.3 is 5.11 Å². The number of rotatable bonds is 3. The number of hydrogen-bond donors (Lipinski definition) is 1. The van der Waals surface area contributed by atoms with Gasteiger partial charge >= 0.3 is 0 Å². The lowest BCUT2D eigenvalue weighted by Crippen LogP contribution is -2.44. The van der Waals surface area contributed by atoms with Crippen molar-refractivity contribution in [3.8, 4) is 0 Å². The molecule has 2 aliphatic carbocycles. The van der Waals surface area contributed by atoms with Gasteiger partial charge in [0.25, 0.3) is 0 Å². The molecule has 0 aromatic heterocycles. The summed E-state index contributed by atoms with van der Waals surface area (Å²) < 4.78 is 0. The second kappa shape index (κ2) is 4.72. The van der Waals surface area contributed by atoms with Gasteiger partial charge in [0.2, 0.25) is 0 Å². The van der Waals surface area contributed by atoms with Gasteiger partial charge in [0.05, 0.1) is 6.10 Å². The highest BCUT2D eigenvalue weighted by atomic mass is 16.3. The van der Waals surface area contributed by atoms with Gasteiger partial charge in [-0.15, -0.1) is 0 Å². The molecule has 98 valence electrons. The maximum Gasteiger partial charge on any atom is 0.133 e. The lowest BCUT2D eigenvalue weighted by molar-refractivity contribution is -0.125. The van der Waals surface area contributed by atoms with Gasteiger partial charge in [0.1, 0.15) is 5.78 Å². The summed E-state index contributed by atoms with van der Waals surface area (Å²) >= 11 is 0. The van der Waals surface area contributed by atoms with E-state index < -0.39 is 0 Å². The molecule has 2 fully saturated rings. The van der Waals surface area contributed by atoms with Crippen LogP contribution in [0.15, 0.2) is 0 Å². The number of Topliss-reactive ketones (excluding diaryl/α,β-unsaturated/α-hetero) is 1. The zero-order valence-corrected chi connectivity index (χ0v) is 11.4. The fraction of sp³-hybridized carbons (Fsp3) is 0.933. The Balaban J connectivity index is 2.17. The predicted molar refractivity (Wildman–Crippen MR) is 68.6 cm³/mol. The van der Waals surface area contributed by atoms with Crippen LogP contribution in [-0.4, -0.2) is 17.0 Å². The average molecular weight is 238 g/mol. The normalized spacial score (nSPS) is 45.6. The van der Waals surface area contributed by atoms with Crippen molar-refractivity contribution >= 4 is 5.78 Å². The van der Waals surface area contributed by atoms with E-state index in [2.05, 4.69) is 13.8 Å². The van der Waals surface area contributed by atoms with Crippen LogP contribution in [0.1, 0.15) is 59.3 Å². The Hall–Kier alpha value is -0.370. The number of aliphatic hydroxyl groups is 1. The fourth-order valence-corrected chi connectivity index (χ4v) is 4.33. The molecule has 2 aliphatic rings. The number of carbonyl (C=O) groups excluding carboxylic acids is 1. The Morgan fingerprint density at radius 3 is 2.71 bits per heavy atom. The summed E-state index contributed by atoms with van der Waals surface area (Å²) in [6.45, 7) is 6.14. The van der Waals surface area contributed by atoms with E-state index in [0.29, 0.717) is 17.6 Å². The molecule has 5 unspecified atom stereocenters. The molecule has 2 nitrogen and oxygen atoms in total. The molecule has 0 amide bonds. The van der Waals surface area contributed by atoms with Gasteiger partial charge in [-0.05, 0) is 49.9 Å². The van der Waals surface area contributed by atoms with E-state index in [-0.39, 0.29) is 17.4 Å². The molecule has 5 atom stereocenters. The van der Waals surface area contributed by atoms with Crippen molar-refractivity contribution in [2.45, 2.75) is 65.4 Å². The molecule has 0 spiro atoms. The minimum atomic E-state index is -0.192. The van der Waals surface area contributed by atoms with Crippen LogP contribution in [0.3, 0.4) is 0 Å². The molecule has 0 bridgehead atoms. The Morgan fingerprint density at radius 1 is 1.41 bits per heavy atom. The third-order valence-corrected chi connectivity index (χ3v) is 5.45. The third-order valence-electron chi connectivity index (χ3n) is 5.45. The van der Waals surface area contributed by atoms with Crippen LogP contribution in [0.5, 0.6) is 0 Å². The largest absolute Gasteiger partial charge is 0.393 e. The lowest BCUT2D eigenvalue weighted by Gasteiger charge is -2.45. The first-order valence-electron chi connectivity index (χ1n) is 7.17. The van der Waals surface area contributed by atoms with Crippen LogP contribution < -0.4 is 0 Å². The lowest BCUT2D eigenvalue weighted by atomic mass is 9.61. The summed E-state index contributed by atoms with van der Waals surface area (Å²) in [7, 11) is 0. The highest BCUT2D eigenvalue weighted by Crippen LogP contribution is 2.56. The molecule has 0 aromatic carbocycles. The van der Waals surface area contributed by atoms with Crippen LogP contribution in [0.4, 0.5) is 0 Å². The molecule has 0 radical (unpaired) electrons. The van der Waals surface area contributed by atoms with E-state index >= 15 is 0 Å². The van der Waals surface area contributed by atoms with E-state index in [1.165, 1.54) is 12.8 Å². The van der Waals surface area contributed by atoms with Gasteiger partial charge in [-0.25, -0.2) is 0 Å². The second-order valence-electron chi connectivity index (χ2n) is 6.51. The molecule has 0 saturated heterocycles. The molecule has 0 aliphatic heterocycles. The number of aliphatic hydroxyl groups excluding tert-OH is 1. The van der Waals surface area contributed by atoms with Crippen molar-refractivity contribution < 1.29 is 9.90 Å². The fourth-order valence-electron chi connectivity index (χ4n) is 4.33. The van der Waals surface area contributed by atoms with E-state index in [1.807, 2.05) is 0 Å². The molecule has 0 aromatic rings. The van der Waals surface area contributed by atoms with Crippen LogP contribution in [0, 0.1) is 23.2 Å². The molecule has 2 saturated carbocycles. The number of ketones is 1. The molecule has 0 heterocycles. The van der Waals surface area contributed by atoms with Crippen LogP contribution in [-0.2, 0) is 4.79 Å². The number of carbonyl (C=O) groups is 1. The second-order valence-corrected chi connectivity index (χ2v) is 6.51. The standard InChI is InChI=1S/C15H26O2/c1-4-5-11-8-13-12(10(2)16)6-7-15(13,3)14(17)9-11/h11-14,17H,4-9H2,1-3H3. The van der Waals surface area contributed by atoms with Crippen molar-refractivity contribution in [3.05, 3.63) is 0 Å². The highest BCUT2D eigenvalue weighted by Gasteiger charge is 2.53. The van der Waals surface area contributed by atoms with Crippen molar-refractivity contribution in [2.24, 2.45) is 23.2 Å². The van der Waals surface area contributed by atoms with Crippen molar-refractivity contribution in [2.75, 3.05) is 0 Å². The van der Waals surface area contributed by atoms with Crippen LogP contribution in [0.25, 0.3) is 0 Å². The maximum absolute atomic E-state index is 11.7. The van der Waals surface area contributed by atoms with Gasteiger partial charge in [-0.3, -0.25) is 4.79 Å². The first-order chi connectivity index (χ1) is 7.99. The molecule has 17 heavy (non-hydrogen) atoms. The van der Waals surface area contributed by atoms with E-state index in [4.69, 9.17) is 0 Å². The van der Waals surface area contributed by atoms with Gasteiger partial charge in [0, 0.05) is 5.92 Å². The summed E-state index contributed by atoms with van der Waals surface area (Å²) in [4.78, 5) is 11.7. The van der Waals surface area contributed by atoms with Gasteiger partial charge in [-0.1, -0.05) is 26.7 Å². The number of hydrogen-bond acceptors (Lipinski definition) is 2. The first-order valence-corrected chi connectivity index (χ1v) is 7.17. The molecular weight excluding hydrogens is 212 g/mol. The average Bonchev–Trinajstić information content (AvgIpc) is 2.58. The quantitative estimate of drug-likeness (QED) is 0.820. The maximum atomic E-state index is 11.7. The Bertz CT molecular complexity index is 299. The van der Waals surface area contributed by atoms with Gasteiger partial charge in [-0.2, -0.15) is 0 Å². The van der Waals surface area contributed by atoms with Crippen molar-refractivity contribution in [3.63, 3.8) is 0 Å². The topological polar surface area (TPSA) is 37.3 Å². The minimum absolute atomic E-state index is 0.0145. The molecular formula is C15H26O2. The summed E-state index contributed by atoms with van der Waals surface area (Å²) in [6, 6.07) is 0.